The average molecular weight is 465 g/mol. The zero-order chi connectivity index (χ0) is 17.6. The molecule has 0 bridgehead atoms. The van der Waals surface area contributed by atoms with Crippen molar-refractivity contribution in [1.29, 1.82) is 0 Å². The molecule has 1 aliphatic carbocycles. The first kappa shape index (κ1) is 22.0. The van der Waals surface area contributed by atoms with Crippen molar-refractivity contribution in [3.8, 4) is 5.75 Å². The minimum atomic E-state index is -0.640. The maximum atomic E-state index is 13.4. The van der Waals surface area contributed by atoms with Gasteiger partial charge in [0.2, 0.25) is 0 Å². The van der Waals surface area contributed by atoms with Crippen molar-refractivity contribution >= 4 is 29.9 Å². The molecule has 25 heavy (non-hydrogen) atoms. The van der Waals surface area contributed by atoms with E-state index in [9.17, 15) is 14.6 Å². The van der Waals surface area contributed by atoms with Crippen LogP contribution in [0.1, 0.15) is 45.1 Å². The fraction of sp³-hybridized carbons (Fsp3) is 0.611. The molecule has 0 spiro atoms. The Bertz CT molecular complexity index is 585. The molecule has 2 rings (SSSR count). The largest absolute Gasteiger partial charge is 0.505 e. The van der Waals surface area contributed by atoms with Gasteiger partial charge in [0.15, 0.2) is 17.5 Å². The van der Waals surface area contributed by atoms with Gasteiger partial charge in [-0.2, -0.15) is 0 Å². The Kier molecular flexibility index (Phi) is 8.92. The number of nitrogens with one attached hydrogen (secondary N) is 2. The summed E-state index contributed by atoms with van der Waals surface area (Å²) in [6, 6.07) is 4.27. The van der Waals surface area contributed by atoms with Crippen LogP contribution in [0.15, 0.2) is 23.2 Å². The standard InChI is InChI=1S/C18H28FN3O2.HI/c1-3-20-17(21-11-13-7-8-15(23)14(19)10-13)22-12-18(2)9-5-4-6-16(18)24;/h7-8,10,16,23-24H,3-6,9,11-12H2,1-2H3,(H2,20,21,22);1H. The third kappa shape index (κ3) is 6.29. The first-order valence-corrected chi connectivity index (χ1v) is 8.62. The highest BCUT2D eigenvalue weighted by Gasteiger charge is 2.35. The molecule has 5 nitrogen and oxygen atoms in total. The van der Waals surface area contributed by atoms with E-state index in [0.717, 1.165) is 32.2 Å². The lowest BCUT2D eigenvalue weighted by molar-refractivity contribution is 0.00397. The number of hydrogen-bond acceptors (Lipinski definition) is 3. The molecule has 4 N–H and O–H groups in total. The predicted molar refractivity (Wildman–Crippen MR) is 109 cm³/mol. The van der Waals surface area contributed by atoms with E-state index in [1.54, 1.807) is 6.07 Å². The summed E-state index contributed by atoms with van der Waals surface area (Å²) in [5, 5.41) is 26.0. The van der Waals surface area contributed by atoms with Gasteiger partial charge in [0, 0.05) is 18.5 Å². The average Bonchev–Trinajstić information content (AvgIpc) is 2.56. The Hall–Kier alpha value is -1.09. The number of rotatable bonds is 5. The van der Waals surface area contributed by atoms with Gasteiger partial charge in [0.25, 0.3) is 0 Å². The summed E-state index contributed by atoms with van der Waals surface area (Å²) in [5.41, 5.74) is 0.533. The monoisotopic (exact) mass is 465 g/mol. The molecule has 0 aliphatic heterocycles. The van der Waals surface area contributed by atoms with Crippen molar-refractivity contribution in [1.82, 2.24) is 10.6 Å². The molecule has 1 aromatic carbocycles. The van der Waals surface area contributed by atoms with Crippen molar-refractivity contribution in [2.75, 3.05) is 13.1 Å². The van der Waals surface area contributed by atoms with E-state index >= 15 is 0 Å². The molecule has 0 heterocycles. The van der Waals surface area contributed by atoms with Gasteiger partial charge in [0.05, 0.1) is 12.6 Å². The molecule has 0 aromatic heterocycles. The Balaban J connectivity index is 0.00000312. The van der Waals surface area contributed by atoms with E-state index < -0.39 is 5.82 Å². The number of benzene rings is 1. The molecule has 142 valence electrons. The van der Waals surface area contributed by atoms with Gasteiger partial charge < -0.3 is 20.8 Å². The third-order valence-corrected chi connectivity index (χ3v) is 4.72. The van der Waals surface area contributed by atoms with Crippen LogP contribution in [-0.4, -0.2) is 35.4 Å². The van der Waals surface area contributed by atoms with Crippen LogP contribution >= 0.6 is 24.0 Å². The Morgan fingerprint density at radius 1 is 1.36 bits per heavy atom. The molecule has 1 saturated carbocycles. The van der Waals surface area contributed by atoms with Crippen molar-refractivity contribution in [3.63, 3.8) is 0 Å². The lowest BCUT2D eigenvalue weighted by atomic mass is 9.73. The third-order valence-electron chi connectivity index (χ3n) is 4.72. The second kappa shape index (κ2) is 10.2. The van der Waals surface area contributed by atoms with Crippen LogP contribution in [0.25, 0.3) is 0 Å². The first-order valence-electron chi connectivity index (χ1n) is 8.62. The van der Waals surface area contributed by atoms with E-state index in [2.05, 4.69) is 22.5 Å². The highest BCUT2D eigenvalue weighted by molar-refractivity contribution is 14.0. The van der Waals surface area contributed by atoms with Crippen molar-refractivity contribution in [2.24, 2.45) is 10.4 Å². The van der Waals surface area contributed by atoms with Crippen molar-refractivity contribution < 1.29 is 14.6 Å². The summed E-state index contributed by atoms with van der Waals surface area (Å²) < 4.78 is 13.4. The number of aromatic hydroxyl groups is 1. The molecular weight excluding hydrogens is 436 g/mol. The number of guanidine groups is 1. The normalized spacial score (nSPS) is 23.7. The van der Waals surface area contributed by atoms with E-state index in [0.29, 0.717) is 24.6 Å². The lowest BCUT2D eigenvalue weighted by Crippen LogP contribution is -2.48. The minimum absolute atomic E-state index is 0. The zero-order valence-corrected chi connectivity index (χ0v) is 17.2. The van der Waals surface area contributed by atoms with E-state index in [1.165, 1.54) is 12.1 Å². The first-order chi connectivity index (χ1) is 11.4. The molecule has 1 fully saturated rings. The van der Waals surface area contributed by atoms with Crippen LogP contribution in [0.3, 0.4) is 0 Å². The predicted octanol–water partition coefficient (Wildman–Crippen LogP) is 3.15. The fourth-order valence-corrected chi connectivity index (χ4v) is 3.03. The van der Waals surface area contributed by atoms with Crippen LogP contribution in [0, 0.1) is 11.2 Å². The summed E-state index contributed by atoms with van der Waals surface area (Å²) in [5.74, 6) is -0.351. The summed E-state index contributed by atoms with van der Waals surface area (Å²) in [4.78, 5) is 4.46. The minimum Gasteiger partial charge on any atom is -0.505 e. The molecular formula is C18H29FIN3O2. The number of aliphatic hydroxyl groups excluding tert-OH is 1. The van der Waals surface area contributed by atoms with Crippen LogP contribution in [0.4, 0.5) is 4.39 Å². The van der Waals surface area contributed by atoms with Gasteiger partial charge >= 0.3 is 0 Å². The number of phenolic OH excluding ortho intramolecular Hbond substituents is 1. The van der Waals surface area contributed by atoms with Crippen LogP contribution in [0.2, 0.25) is 0 Å². The second-order valence-electron chi connectivity index (χ2n) is 6.75. The van der Waals surface area contributed by atoms with Gasteiger partial charge in [-0.3, -0.25) is 0 Å². The summed E-state index contributed by atoms with van der Waals surface area (Å²) in [6.45, 7) is 5.75. The van der Waals surface area contributed by atoms with Gasteiger partial charge in [0.1, 0.15) is 0 Å². The zero-order valence-electron chi connectivity index (χ0n) is 14.9. The molecule has 2 unspecified atom stereocenters. The molecule has 2 atom stereocenters. The highest BCUT2D eigenvalue weighted by atomic mass is 127. The molecule has 1 aliphatic rings. The highest BCUT2D eigenvalue weighted by Crippen LogP contribution is 2.35. The Morgan fingerprint density at radius 3 is 2.76 bits per heavy atom. The summed E-state index contributed by atoms with van der Waals surface area (Å²) in [7, 11) is 0. The fourth-order valence-electron chi connectivity index (χ4n) is 3.03. The molecule has 1 aromatic rings. The van der Waals surface area contributed by atoms with Gasteiger partial charge in [-0.25, -0.2) is 9.38 Å². The molecule has 7 heteroatoms. The maximum absolute atomic E-state index is 13.4. The van der Waals surface area contributed by atoms with Crippen LogP contribution < -0.4 is 10.6 Å². The van der Waals surface area contributed by atoms with E-state index in [-0.39, 0.29) is 41.2 Å². The number of aliphatic hydroxyl groups is 1. The number of nitrogens with zero attached hydrogens (tertiary/aromatic N) is 1. The Labute approximate surface area is 166 Å². The summed E-state index contributed by atoms with van der Waals surface area (Å²) >= 11 is 0. The number of hydrogen-bond donors (Lipinski definition) is 4. The SMILES string of the molecule is CCNC(=NCc1ccc(O)c(F)c1)NCC1(C)CCCCC1O.I. The van der Waals surface area contributed by atoms with Crippen molar-refractivity contribution in [3.05, 3.63) is 29.6 Å². The number of phenols is 1. The topological polar surface area (TPSA) is 76.9 Å². The number of halogens is 2. The smallest absolute Gasteiger partial charge is 0.191 e. The molecule has 0 amide bonds. The maximum Gasteiger partial charge on any atom is 0.191 e. The lowest BCUT2D eigenvalue weighted by Gasteiger charge is -2.38. The van der Waals surface area contributed by atoms with Crippen molar-refractivity contribution in [2.45, 2.75) is 52.2 Å². The van der Waals surface area contributed by atoms with Gasteiger partial charge in [-0.1, -0.05) is 25.8 Å². The van der Waals surface area contributed by atoms with Gasteiger partial charge in [-0.05, 0) is 37.5 Å². The van der Waals surface area contributed by atoms with Gasteiger partial charge in [-0.15, -0.1) is 24.0 Å². The van der Waals surface area contributed by atoms with Crippen LogP contribution in [-0.2, 0) is 6.54 Å². The van der Waals surface area contributed by atoms with E-state index in [4.69, 9.17) is 0 Å². The number of aliphatic imine (C=N–C) groups is 1. The summed E-state index contributed by atoms with van der Waals surface area (Å²) in [6.07, 6.45) is 3.75. The quantitative estimate of drug-likeness (QED) is 0.306. The molecule has 0 saturated heterocycles. The van der Waals surface area contributed by atoms with E-state index in [1.807, 2.05) is 6.92 Å². The molecule has 0 radical (unpaired) electrons. The Morgan fingerprint density at radius 2 is 2.12 bits per heavy atom. The van der Waals surface area contributed by atoms with Crippen LogP contribution in [0.5, 0.6) is 5.75 Å². The second-order valence-corrected chi connectivity index (χ2v) is 6.75.